The Morgan fingerprint density at radius 3 is 2.63 bits per heavy atom. The van der Waals surface area contributed by atoms with Gasteiger partial charge >= 0.3 is 6.09 Å². The molecule has 1 aromatic heterocycles. The first-order valence-corrected chi connectivity index (χ1v) is 15.1. The van der Waals surface area contributed by atoms with Crippen LogP contribution in [-0.4, -0.2) is 59.9 Å². The first-order valence-electron chi connectivity index (χ1n) is 14.3. The molecule has 1 aliphatic heterocycles. The van der Waals surface area contributed by atoms with Gasteiger partial charge in [0.15, 0.2) is 0 Å². The van der Waals surface area contributed by atoms with Crippen LogP contribution in [0.5, 0.6) is 0 Å². The molecule has 222 valence electrons. The third-order valence-electron chi connectivity index (χ3n) is 7.38. The second-order valence-electron chi connectivity index (χ2n) is 11.8. The number of halogens is 2. The summed E-state index contributed by atoms with van der Waals surface area (Å²) in [5, 5.41) is 3.54. The minimum Gasteiger partial charge on any atom is -0.444 e. The third-order valence-corrected chi connectivity index (χ3v) is 7.91. The van der Waals surface area contributed by atoms with Gasteiger partial charge in [-0.05, 0) is 82.3 Å². The summed E-state index contributed by atoms with van der Waals surface area (Å²) in [5.74, 6) is -0.158. The molecule has 2 heterocycles. The molecule has 2 aromatic carbocycles. The summed E-state index contributed by atoms with van der Waals surface area (Å²) in [6, 6.07) is 14.6. The van der Waals surface area contributed by atoms with Gasteiger partial charge in [0.25, 0.3) is 0 Å². The van der Waals surface area contributed by atoms with Crippen LogP contribution in [0.3, 0.4) is 0 Å². The van der Waals surface area contributed by atoms with Crippen LogP contribution in [0, 0.1) is 5.82 Å². The fourth-order valence-electron chi connectivity index (χ4n) is 5.56. The zero-order valence-electron chi connectivity index (χ0n) is 24.4. The van der Waals surface area contributed by atoms with Crippen molar-refractivity contribution in [2.75, 3.05) is 26.8 Å². The van der Waals surface area contributed by atoms with Gasteiger partial charge in [-0.15, -0.1) is 0 Å². The molecule has 0 radical (unpaired) electrons. The molecule has 2 unspecified atom stereocenters. The minimum atomic E-state index is -0.641. The third kappa shape index (κ3) is 8.55. The Bertz CT molecular complexity index is 1340. The second kappa shape index (κ2) is 13.8. The van der Waals surface area contributed by atoms with Gasteiger partial charge in [-0.25, -0.2) is 9.18 Å². The van der Waals surface area contributed by atoms with Crippen LogP contribution in [0.4, 0.5) is 9.18 Å². The number of ether oxygens (including phenoxy) is 2. The van der Waals surface area contributed by atoms with Crippen molar-refractivity contribution < 1.29 is 23.5 Å². The van der Waals surface area contributed by atoms with Crippen LogP contribution in [0.2, 0.25) is 0 Å². The van der Waals surface area contributed by atoms with Gasteiger partial charge < -0.3 is 24.3 Å². The average molecular weight is 631 g/mol. The van der Waals surface area contributed by atoms with Crippen LogP contribution < -0.4 is 5.32 Å². The second-order valence-corrected chi connectivity index (χ2v) is 12.7. The molecule has 1 N–H and O–H groups in total. The number of amides is 2. The van der Waals surface area contributed by atoms with E-state index in [1.165, 1.54) is 6.07 Å². The predicted octanol–water partition coefficient (Wildman–Crippen LogP) is 6.81. The summed E-state index contributed by atoms with van der Waals surface area (Å²) < 4.78 is 28.7. The minimum absolute atomic E-state index is 0.0129. The van der Waals surface area contributed by atoms with E-state index in [-0.39, 0.29) is 24.1 Å². The smallest absolute Gasteiger partial charge is 0.407 e. The van der Waals surface area contributed by atoms with Crippen molar-refractivity contribution in [3.63, 3.8) is 0 Å². The lowest BCUT2D eigenvalue weighted by Crippen LogP contribution is -2.46. The van der Waals surface area contributed by atoms with E-state index in [1.54, 1.807) is 13.2 Å². The van der Waals surface area contributed by atoms with Crippen molar-refractivity contribution >= 4 is 38.8 Å². The summed E-state index contributed by atoms with van der Waals surface area (Å²) in [6.07, 6.45) is 2.72. The largest absolute Gasteiger partial charge is 0.444 e. The molecule has 9 heteroatoms. The van der Waals surface area contributed by atoms with Crippen LogP contribution in [0.15, 0.2) is 53.0 Å². The molecular weight excluding hydrogens is 589 g/mol. The topological polar surface area (TPSA) is 72.8 Å². The fourth-order valence-corrected chi connectivity index (χ4v) is 5.83. The van der Waals surface area contributed by atoms with Gasteiger partial charge in [-0.3, -0.25) is 4.79 Å². The number of piperidine rings is 1. The van der Waals surface area contributed by atoms with E-state index in [9.17, 15) is 14.0 Å². The van der Waals surface area contributed by atoms with Gasteiger partial charge in [0.1, 0.15) is 11.4 Å². The number of carbonyl (C=O) groups is 2. The molecule has 0 bridgehead atoms. The number of alkyl carbamates (subject to hydrolysis) is 1. The number of carbonyl (C=O) groups excluding carboxylic acids is 2. The van der Waals surface area contributed by atoms with Crippen molar-refractivity contribution in [1.82, 2.24) is 14.8 Å². The van der Waals surface area contributed by atoms with Crippen molar-refractivity contribution in [2.45, 2.75) is 77.0 Å². The molecule has 41 heavy (non-hydrogen) atoms. The highest BCUT2D eigenvalue weighted by Crippen LogP contribution is 2.33. The molecule has 0 spiro atoms. The van der Waals surface area contributed by atoms with Crippen LogP contribution in [-0.2, 0) is 27.2 Å². The Morgan fingerprint density at radius 1 is 1.17 bits per heavy atom. The number of aryl methyl sites for hydroxylation is 1. The van der Waals surface area contributed by atoms with E-state index in [1.807, 2.05) is 62.1 Å². The van der Waals surface area contributed by atoms with Crippen molar-refractivity contribution in [3.8, 4) is 0 Å². The number of nitrogens with one attached hydrogen (secondary N) is 1. The summed E-state index contributed by atoms with van der Waals surface area (Å²) in [5.41, 5.74) is 2.30. The van der Waals surface area contributed by atoms with Crippen LogP contribution >= 0.6 is 15.9 Å². The molecule has 3 aromatic rings. The van der Waals surface area contributed by atoms with Crippen molar-refractivity contribution in [3.05, 3.63) is 70.1 Å². The Balaban J connectivity index is 1.51. The highest BCUT2D eigenvalue weighted by atomic mass is 79.9. The first-order chi connectivity index (χ1) is 19.5. The molecule has 0 aliphatic carbocycles. The Hall–Kier alpha value is -2.91. The SMILES string of the molecule is COCCCn1c(C2CCCN(C(=O)CC(Cc3ccc(Br)cc3)NC(=O)OC(C)(C)C)C2)cc2c(F)cccc21. The molecule has 7 nitrogen and oxygen atoms in total. The molecule has 4 rings (SSSR count). The number of hydrogen-bond acceptors (Lipinski definition) is 4. The van der Waals surface area contributed by atoms with E-state index in [0.29, 0.717) is 31.5 Å². The number of fused-ring (bicyclic) bond motifs is 1. The number of benzene rings is 2. The van der Waals surface area contributed by atoms with Gasteiger partial charge in [0, 0.05) is 67.3 Å². The maximum atomic E-state index is 14.7. The lowest BCUT2D eigenvalue weighted by Gasteiger charge is -2.34. The van der Waals surface area contributed by atoms with Gasteiger partial charge in [0.05, 0.1) is 5.52 Å². The lowest BCUT2D eigenvalue weighted by molar-refractivity contribution is -0.132. The maximum absolute atomic E-state index is 14.7. The standard InChI is InChI=1S/C32H41BrFN3O4/c1-32(2,3)41-31(39)35-25(18-22-11-13-24(33)14-12-22)19-30(38)36-15-6-8-23(21-36)29-20-26-27(34)9-5-10-28(26)37(29)16-7-17-40-4/h5,9-14,20,23,25H,6-8,15-19,21H2,1-4H3,(H,35,39). The molecule has 2 amide bonds. The molecule has 1 aliphatic rings. The zero-order valence-corrected chi connectivity index (χ0v) is 26.0. The number of aromatic nitrogens is 1. The number of hydrogen-bond donors (Lipinski definition) is 1. The lowest BCUT2D eigenvalue weighted by atomic mass is 9.93. The summed E-state index contributed by atoms with van der Waals surface area (Å²) in [4.78, 5) is 28.2. The number of methoxy groups -OCH3 is 1. The fraction of sp³-hybridized carbons (Fsp3) is 0.500. The molecule has 2 atom stereocenters. The van der Waals surface area contributed by atoms with Gasteiger partial charge in [0.2, 0.25) is 5.91 Å². The van der Waals surface area contributed by atoms with Crippen LogP contribution in [0.25, 0.3) is 10.9 Å². The van der Waals surface area contributed by atoms with Crippen LogP contribution in [0.1, 0.15) is 63.6 Å². The molecule has 1 saturated heterocycles. The van der Waals surface area contributed by atoms with Gasteiger partial charge in [-0.2, -0.15) is 0 Å². The number of likely N-dealkylation sites (tertiary alicyclic amines) is 1. The summed E-state index contributed by atoms with van der Waals surface area (Å²) in [7, 11) is 1.68. The average Bonchev–Trinajstić information content (AvgIpc) is 3.29. The highest BCUT2D eigenvalue weighted by Gasteiger charge is 2.30. The van der Waals surface area contributed by atoms with E-state index in [0.717, 1.165) is 47.1 Å². The molecule has 0 saturated carbocycles. The predicted molar refractivity (Wildman–Crippen MR) is 163 cm³/mol. The number of nitrogens with zero attached hydrogens (tertiary/aromatic N) is 2. The molecule has 1 fully saturated rings. The Kier molecular flexibility index (Phi) is 10.5. The summed E-state index contributed by atoms with van der Waals surface area (Å²) >= 11 is 3.46. The number of rotatable bonds is 10. The molecular formula is C32H41BrFN3O4. The monoisotopic (exact) mass is 629 g/mol. The quantitative estimate of drug-likeness (QED) is 0.250. The maximum Gasteiger partial charge on any atom is 0.407 e. The van der Waals surface area contributed by atoms with Gasteiger partial charge in [-0.1, -0.05) is 34.1 Å². The van der Waals surface area contributed by atoms with E-state index >= 15 is 0 Å². The zero-order chi connectivity index (χ0) is 29.6. The summed E-state index contributed by atoms with van der Waals surface area (Å²) in [6.45, 7) is 7.99. The highest BCUT2D eigenvalue weighted by molar-refractivity contribution is 9.10. The van der Waals surface area contributed by atoms with Crippen molar-refractivity contribution in [1.29, 1.82) is 0 Å². The Morgan fingerprint density at radius 2 is 1.93 bits per heavy atom. The van der Waals surface area contributed by atoms with E-state index < -0.39 is 17.7 Å². The van der Waals surface area contributed by atoms with E-state index in [2.05, 4.69) is 25.8 Å². The Labute approximate surface area is 250 Å². The normalized spacial score (nSPS) is 16.5. The van der Waals surface area contributed by atoms with E-state index in [4.69, 9.17) is 9.47 Å². The van der Waals surface area contributed by atoms with Crippen molar-refractivity contribution in [2.24, 2.45) is 0 Å². The first kappa shape index (κ1) is 31.0.